The van der Waals surface area contributed by atoms with Crippen LogP contribution in [0.3, 0.4) is 0 Å². The van der Waals surface area contributed by atoms with Gasteiger partial charge in [0.1, 0.15) is 22.3 Å². The van der Waals surface area contributed by atoms with Crippen LogP contribution in [-0.4, -0.2) is 0 Å². The molecule has 0 radical (unpaired) electrons. The van der Waals surface area contributed by atoms with Crippen molar-refractivity contribution >= 4 is 96.9 Å². The van der Waals surface area contributed by atoms with Gasteiger partial charge in [-0.15, -0.1) is 11.3 Å². The van der Waals surface area contributed by atoms with Crippen LogP contribution in [0.2, 0.25) is 0 Å². The first-order valence-corrected chi connectivity index (χ1v) is 14.0. The molecular formula is C36H18O2S. The van der Waals surface area contributed by atoms with Crippen molar-refractivity contribution in [1.82, 2.24) is 0 Å². The fourth-order valence-electron chi connectivity index (χ4n) is 6.76. The van der Waals surface area contributed by atoms with Crippen LogP contribution in [0.15, 0.2) is 118 Å². The van der Waals surface area contributed by atoms with Crippen LogP contribution in [0.25, 0.3) is 96.7 Å². The summed E-state index contributed by atoms with van der Waals surface area (Å²) in [6.45, 7) is 0. The van der Waals surface area contributed by atoms with Gasteiger partial charge >= 0.3 is 0 Å². The maximum Gasteiger partial charge on any atom is 0.136 e. The van der Waals surface area contributed by atoms with E-state index in [9.17, 15) is 0 Å². The summed E-state index contributed by atoms with van der Waals surface area (Å²) in [6.07, 6.45) is 0. The van der Waals surface area contributed by atoms with E-state index in [1.165, 1.54) is 52.7 Å². The number of hydrogen-bond acceptors (Lipinski definition) is 3. The Morgan fingerprint density at radius 3 is 1.97 bits per heavy atom. The summed E-state index contributed by atoms with van der Waals surface area (Å²) < 4.78 is 15.2. The molecular weight excluding hydrogens is 496 g/mol. The average molecular weight is 515 g/mol. The van der Waals surface area contributed by atoms with Gasteiger partial charge in [-0.3, -0.25) is 0 Å². The third-order valence-electron chi connectivity index (χ3n) is 8.41. The summed E-state index contributed by atoms with van der Waals surface area (Å²) in [5, 5.41) is 12.5. The van der Waals surface area contributed by atoms with E-state index in [0.717, 1.165) is 44.1 Å². The fourth-order valence-corrected chi connectivity index (χ4v) is 7.96. The molecule has 3 heterocycles. The molecule has 0 N–H and O–H groups in total. The van der Waals surface area contributed by atoms with E-state index in [-0.39, 0.29) is 0 Å². The lowest BCUT2D eigenvalue weighted by atomic mass is 9.90. The van der Waals surface area contributed by atoms with Gasteiger partial charge in [-0.1, -0.05) is 54.6 Å². The number of rotatable bonds is 1. The van der Waals surface area contributed by atoms with Gasteiger partial charge in [-0.25, -0.2) is 0 Å². The lowest BCUT2D eigenvalue weighted by molar-refractivity contribution is 0.669. The zero-order chi connectivity index (χ0) is 25.2. The Balaban J connectivity index is 1.39. The second-order valence-electron chi connectivity index (χ2n) is 10.4. The van der Waals surface area contributed by atoms with Gasteiger partial charge in [-0.2, -0.15) is 0 Å². The van der Waals surface area contributed by atoms with E-state index >= 15 is 0 Å². The van der Waals surface area contributed by atoms with Gasteiger partial charge in [0.25, 0.3) is 0 Å². The van der Waals surface area contributed by atoms with E-state index in [1.54, 1.807) is 0 Å². The first-order chi connectivity index (χ1) is 19.3. The number of hydrogen-bond donors (Lipinski definition) is 0. The molecule has 0 bridgehead atoms. The van der Waals surface area contributed by atoms with Crippen LogP contribution in [0.4, 0.5) is 0 Å². The van der Waals surface area contributed by atoms with E-state index in [0.29, 0.717) is 0 Å². The molecule has 0 amide bonds. The van der Waals surface area contributed by atoms with Crippen molar-refractivity contribution in [2.75, 3.05) is 0 Å². The average Bonchev–Trinajstić information content (AvgIpc) is 3.66. The van der Waals surface area contributed by atoms with Crippen molar-refractivity contribution in [2.24, 2.45) is 0 Å². The minimum Gasteiger partial charge on any atom is -0.456 e. The second kappa shape index (κ2) is 6.96. The first kappa shape index (κ1) is 20.1. The van der Waals surface area contributed by atoms with Gasteiger partial charge in [0.15, 0.2) is 0 Å². The highest BCUT2D eigenvalue weighted by Gasteiger charge is 2.21. The van der Waals surface area contributed by atoms with Crippen molar-refractivity contribution in [3.05, 3.63) is 109 Å². The minimum atomic E-state index is 0.921. The summed E-state index contributed by atoms with van der Waals surface area (Å²) in [5.41, 5.74) is 6.07. The van der Waals surface area contributed by atoms with Crippen molar-refractivity contribution in [3.8, 4) is 11.1 Å². The molecule has 0 aliphatic heterocycles. The molecule has 0 unspecified atom stereocenters. The first-order valence-electron chi connectivity index (χ1n) is 13.2. The molecule has 0 spiro atoms. The van der Waals surface area contributed by atoms with Crippen LogP contribution in [0, 0.1) is 0 Å². The maximum atomic E-state index is 6.34. The molecule has 0 saturated heterocycles. The molecule has 3 heteroatoms. The molecule has 0 saturated carbocycles. The minimum absolute atomic E-state index is 0.921. The summed E-state index contributed by atoms with van der Waals surface area (Å²) in [4.78, 5) is 0. The van der Waals surface area contributed by atoms with Crippen molar-refractivity contribution in [2.45, 2.75) is 0 Å². The second-order valence-corrected chi connectivity index (χ2v) is 11.5. The van der Waals surface area contributed by atoms with E-state index in [2.05, 4.69) is 91.0 Å². The number of para-hydroxylation sites is 2. The number of benzene rings is 7. The highest BCUT2D eigenvalue weighted by atomic mass is 32.1. The van der Waals surface area contributed by atoms with E-state index in [4.69, 9.17) is 8.83 Å². The third-order valence-corrected chi connectivity index (χ3v) is 9.52. The standard InChI is InChI=1S/C36H18O2S/c1-3-9-27-21(6-1)22-13-12-19(17-30(22)38-27)20-16-26-33-24(14-15-29-34(33)25-7-2-4-10-28(25)37-29)23-8-5-11-31-35(23)36(26)32(18-20)39-31/h1-18H. The number of thiophene rings is 1. The molecule has 7 aromatic carbocycles. The Kier molecular flexibility index (Phi) is 3.59. The molecule has 10 aromatic rings. The zero-order valence-electron chi connectivity index (χ0n) is 20.6. The lowest BCUT2D eigenvalue weighted by Gasteiger charge is -2.12. The van der Waals surface area contributed by atoms with Gasteiger partial charge in [-0.05, 0) is 81.9 Å². The Bertz CT molecular complexity index is 2610. The van der Waals surface area contributed by atoms with Gasteiger partial charge in [0, 0.05) is 47.1 Å². The van der Waals surface area contributed by atoms with Gasteiger partial charge < -0.3 is 8.83 Å². The summed E-state index contributed by atoms with van der Waals surface area (Å²) >= 11 is 1.88. The molecule has 0 aliphatic rings. The Labute approximate surface area is 225 Å². The largest absolute Gasteiger partial charge is 0.456 e. The molecule has 2 nitrogen and oxygen atoms in total. The van der Waals surface area contributed by atoms with Crippen molar-refractivity contribution < 1.29 is 8.83 Å². The molecule has 0 fully saturated rings. The molecule has 10 rings (SSSR count). The maximum absolute atomic E-state index is 6.34. The van der Waals surface area contributed by atoms with Crippen molar-refractivity contribution in [1.29, 1.82) is 0 Å². The van der Waals surface area contributed by atoms with Crippen LogP contribution < -0.4 is 0 Å². The number of furan rings is 2. The normalized spacial score (nSPS) is 12.6. The van der Waals surface area contributed by atoms with E-state index in [1.807, 2.05) is 29.5 Å². The van der Waals surface area contributed by atoms with Gasteiger partial charge in [0.2, 0.25) is 0 Å². The van der Waals surface area contributed by atoms with E-state index < -0.39 is 0 Å². The Morgan fingerprint density at radius 1 is 0.359 bits per heavy atom. The van der Waals surface area contributed by atoms with Crippen LogP contribution in [-0.2, 0) is 0 Å². The number of fused-ring (bicyclic) bond motifs is 10. The monoisotopic (exact) mass is 514 g/mol. The Morgan fingerprint density at radius 2 is 1.05 bits per heavy atom. The molecule has 3 aromatic heterocycles. The zero-order valence-corrected chi connectivity index (χ0v) is 21.4. The van der Waals surface area contributed by atoms with Gasteiger partial charge in [0.05, 0.1) is 0 Å². The highest BCUT2D eigenvalue weighted by Crippen LogP contribution is 2.49. The fraction of sp³-hybridized carbons (Fsp3) is 0. The molecule has 39 heavy (non-hydrogen) atoms. The predicted octanol–water partition coefficient (Wildman–Crippen LogP) is 11.3. The summed E-state index contributed by atoms with van der Waals surface area (Å²) in [6, 6.07) is 39.1. The molecule has 0 atom stereocenters. The van der Waals surface area contributed by atoms with Crippen molar-refractivity contribution in [3.63, 3.8) is 0 Å². The highest BCUT2D eigenvalue weighted by molar-refractivity contribution is 7.26. The molecule has 180 valence electrons. The molecule has 0 aliphatic carbocycles. The van der Waals surface area contributed by atoms with Crippen LogP contribution in [0.5, 0.6) is 0 Å². The summed E-state index contributed by atoms with van der Waals surface area (Å²) in [7, 11) is 0. The predicted molar refractivity (Wildman–Crippen MR) is 166 cm³/mol. The smallest absolute Gasteiger partial charge is 0.136 e. The third kappa shape index (κ3) is 2.51. The topological polar surface area (TPSA) is 26.3 Å². The quantitative estimate of drug-likeness (QED) is 0.204. The van der Waals surface area contributed by atoms with Crippen LogP contribution in [0.1, 0.15) is 0 Å². The summed E-state index contributed by atoms with van der Waals surface area (Å²) in [5.74, 6) is 0. The SMILES string of the molecule is c1ccc2c(c1)oc1cc(-c3cc4sc5cccc6c7ccc8oc9ccccc9c8c7c(c3)c4c56)ccc12. The Hall–Kier alpha value is -4.86. The van der Waals surface area contributed by atoms with Crippen LogP contribution >= 0.6 is 11.3 Å². The lowest BCUT2D eigenvalue weighted by Crippen LogP contribution is -1.85.